The van der Waals surface area contributed by atoms with Gasteiger partial charge >= 0.3 is 17.9 Å². The molecular weight excluding hydrogens is 703 g/mol. The number of likely N-dealkylation sites (N-methyl/N-ethyl adjacent to an activating group) is 1. The molecule has 0 aromatic rings. The van der Waals surface area contributed by atoms with Crippen molar-refractivity contribution in [1.82, 2.24) is 0 Å². The molecule has 322 valence electrons. The first-order valence-corrected chi connectivity index (χ1v) is 22.3. The summed E-state index contributed by atoms with van der Waals surface area (Å²) < 4.78 is 17.2. The number of ether oxygens (including phenoxy) is 3. The van der Waals surface area contributed by atoms with Crippen LogP contribution in [0.5, 0.6) is 0 Å². The lowest BCUT2D eigenvalue weighted by Gasteiger charge is -2.31. The molecule has 2 atom stereocenters. The summed E-state index contributed by atoms with van der Waals surface area (Å²) in [6.07, 6.45) is 46.9. The molecule has 0 radical (unpaired) electrons. The minimum absolute atomic E-state index is 0.0440. The van der Waals surface area contributed by atoms with Crippen molar-refractivity contribution in [1.29, 1.82) is 0 Å². The van der Waals surface area contributed by atoms with Crippen molar-refractivity contribution in [3.05, 3.63) is 60.8 Å². The number of carbonyl (C=O) groups excluding carboxylic acids is 2. The number of aliphatic carboxylic acids is 1. The maximum absolute atomic E-state index is 12.7. The number of carboxylic acid groups (broad SMARTS) is 1. The van der Waals surface area contributed by atoms with Crippen molar-refractivity contribution in [2.45, 2.75) is 187 Å². The van der Waals surface area contributed by atoms with Crippen molar-refractivity contribution in [2.75, 3.05) is 41.0 Å². The molecular formula is C48H84NO7+. The fraction of sp³-hybridized carbons (Fsp3) is 0.729. The van der Waals surface area contributed by atoms with Crippen LogP contribution in [-0.2, 0) is 28.6 Å². The van der Waals surface area contributed by atoms with E-state index in [2.05, 4.69) is 74.6 Å². The molecule has 0 aromatic heterocycles. The number of allylic oxidation sites excluding steroid dienone is 10. The summed E-state index contributed by atoms with van der Waals surface area (Å²) in [6.45, 7) is 4.57. The Morgan fingerprint density at radius 3 is 1.61 bits per heavy atom. The molecule has 0 saturated heterocycles. The van der Waals surface area contributed by atoms with Crippen LogP contribution in [0.2, 0.25) is 0 Å². The quantitative estimate of drug-likeness (QED) is 0.0218. The van der Waals surface area contributed by atoms with Gasteiger partial charge in [-0.1, -0.05) is 145 Å². The van der Waals surface area contributed by atoms with Gasteiger partial charge in [-0.25, -0.2) is 4.79 Å². The number of quaternary nitrogens is 1. The molecule has 0 aromatic carbocycles. The molecule has 8 heteroatoms. The second-order valence-electron chi connectivity index (χ2n) is 15.9. The third kappa shape index (κ3) is 36.7. The average molecular weight is 787 g/mol. The molecule has 2 unspecified atom stereocenters. The van der Waals surface area contributed by atoms with Crippen LogP contribution in [0.25, 0.3) is 0 Å². The third-order valence-corrected chi connectivity index (χ3v) is 9.68. The van der Waals surface area contributed by atoms with Crippen molar-refractivity contribution >= 4 is 17.9 Å². The van der Waals surface area contributed by atoms with Crippen LogP contribution in [0.15, 0.2) is 60.8 Å². The van der Waals surface area contributed by atoms with E-state index in [0.717, 1.165) is 83.5 Å². The lowest BCUT2D eigenvalue weighted by atomic mass is 10.1. The molecule has 56 heavy (non-hydrogen) atoms. The maximum Gasteiger partial charge on any atom is 0.362 e. The second-order valence-corrected chi connectivity index (χ2v) is 15.9. The van der Waals surface area contributed by atoms with E-state index >= 15 is 0 Å². The predicted molar refractivity (Wildman–Crippen MR) is 234 cm³/mol. The largest absolute Gasteiger partial charge is 0.477 e. The first kappa shape index (κ1) is 53.0. The van der Waals surface area contributed by atoms with Gasteiger partial charge in [0.25, 0.3) is 0 Å². The molecule has 0 rings (SSSR count). The Hall–Kier alpha value is -2.97. The highest BCUT2D eigenvalue weighted by molar-refractivity contribution is 5.72. The van der Waals surface area contributed by atoms with Crippen molar-refractivity contribution in [2.24, 2.45) is 0 Å². The predicted octanol–water partition coefficient (Wildman–Crippen LogP) is 12.2. The third-order valence-electron chi connectivity index (χ3n) is 9.68. The highest BCUT2D eigenvalue weighted by atomic mass is 16.6. The summed E-state index contributed by atoms with van der Waals surface area (Å²) >= 11 is 0. The maximum atomic E-state index is 12.7. The van der Waals surface area contributed by atoms with Crippen molar-refractivity contribution in [3.8, 4) is 0 Å². The zero-order valence-electron chi connectivity index (χ0n) is 36.6. The zero-order valence-corrected chi connectivity index (χ0v) is 36.6. The lowest BCUT2D eigenvalue weighted by Crippen LogP contribution is -2.50. The molecule has 1 N–H and O–H groups in total. The van der Waals surface area contributed by atoms with Gasteiger partial charge in [-0.3, -0.25) is 9.59 Å². The Bertz CT molecular complexity index is 1100. The van der Waals surface area contributed by atoms with E-state index < -0.39 is 18.1 Å². The Morgan fingerprint density at radius 2 is 1.05 bits per heavy atom. The highest BCUT2D eigenvalue weighted by Gasteiger charge is 2.31. The minimum atomic E-state index is -0.883. The Kier molecular flexibility index (Phi) is 36.8. The van der Waals surface area contributed by atoms with Crippen LogP contribution in [0, 0.1) is 0 Å². The van der Waals surface area contributed by atoms with E-state index in [1.807, 2.05) is 21.1 Å². The van der Waals surface area contributed by atoms with Gasteiger partial charge in [-0.15, -0.1) is 0 Å². The van der Waals surface area contributed by atoms with Gasteiger partial charge in [0.05, 0.1) is 34.4 Å². The number of rotatable bonds is 39. The van der Waals surface area contributed by atoms with E-state index in [4.69, 9.17) is 14.2 Å². The first-order chi connectivity index (χ1) is 27.1. The monoisotopic (exact) mass is 787 g/mol. The standard InChI is InChI=1S/C48H83NO7/c1-6-8-10-12-14-16-18-20-22-24-26-28-30-32-34-36-38-46(50)55-43-44(42-54-41-40-45(48(52)53)49(3,4)5)56-47(51)39-37-35-33-31-29-27-25-23-21-19-17-15-13-11-9-7-2/h8,10,14,16,20,22-23,25,27,29,44-45H,6-7,9,11-13,15,17-19,21,24,26,28,30-43H2,1-5H3/p+1/b10-8+,16-14+,22-20+,25-23+,29-27+. The average Bonchev–Trinajstić information content (AvgIpc) is 3.15. The number of hydrogen-bond donors (Lipinski definition) is 1. The van der Waals surface area contributed by atoms with E-state index in [-0.39, 0.29) is 36.2 Å². The van der Waals surface area contributed by atoms with E-state index in [1.54, 1.807) is 0 Å². The van der Waals surface area contributed by atoms with Gasteiger partial charge < -0.3 is 23.8 Å². The zero-order chi connectivity index (χ0) is 41.4. The number of hydrogen-bond acceptors (Lipinski definition) is 6. The second kappa shape index (κ2) is 38.9. The molecule has 0 bridgehead atoms. The molecule has 0 fully saturated rings. The van der Waals surface area contributed by atoms with Gasteiger partial charge in [-0.2, -0.15) is 0 Å². The molecule has 0 aliphatic rings. The van der Waals surface area contributed by atoms with E-state index in [0.29, 0.717) is 19.3 Å². The van der Waals surface area contributed by atoms with Gasteiger partial charge in [0.1, 0.15) is 6.61 Å². The molecule has 8 nitrogen and oxygen atoms in total. The van der Waals surface area contributed by atoms with Crippen LogP contribution in [0.1, 0.15) is 174 Å². The first-order valence-electron chi connectivity index (χ1n) is 22.3. The summed E-state index contributed by atoms with van der Waals surface area (Å²) in [4.78, 5) is 37.0. The molecule has 0 amide bonds. The van der Waals surface area contributed by atoms with Crippen molar-refractivity contribution < 1.29 is 38.2 Å². The number of nitrogens with zero attached hydrogens (tertiary/aromatic N) is 1. The number of carboxylic acids is 1. The van der Waals surface area contributed by atoms with Crippen LogP contribution < -0.4 is 0 Å². The summed E-state index contributed by atoms with van der Waals surface area (Å²) in [5, 5.41) is 9.62. The van der Waals surface area contributed by atoms with Crippen LogP contribution in [0.3, 0.4) is 0 Å². The highest BCUT2D eigenvalue weighted by Crippen LogP contribution is 2.13. The Balaban J connectivity index is 4.42. The molecule has 0 heterocycles. The van der Waals surface area contributed by atoms with Crippen molar-refractivity contribution in [3.63, 3.8) is 0 Å². The fourth-order valence-electron chi connectivity index (χ4n) is 6.21. The Morgan fingerprint density at radius 1 is 0.571 bits per heavy atom. The van der Waals surface area contributed by atoms with Gasteiger partial charge in [0.2, 0.25) is 0 Å². The van der Waals surface area contributed by atoms with Gasteiger partial charge in [0, 0.05) is 19.3 Å². The van der Waals surface area contributed by atoms with Crippen LogP contribution in [0.4, 0.5) is 0 Å². The Labute approximate surface area is 343 Å². The van der Waals surface area contributed by atoms with Gasteiger partial charge in [-0.05, 0) is 70.6 Å². The smallest absolute Gasteiger partial charge is 0.362 e. The van der Waals surface area contributed by atoms with Crippen LogP contribution in [-0.4, -0.2) is 80.6 Å². The van der Waals surface area contributed by atoms with Gasteiger partial charge in [0.15, 0.2) is 12.1 Å². The topological polar surface area (TPSA) is 99.1 Å². The molecule has 0 aliphatic carbocycles. The molecule has 0 saturated carbocycles. The van der Waals surface area contributed by atoms with E-state index in [1.165, 1.54) is 57.8 Å². The summed E-state index contributed by atoms with van der Waals surface area (Å²) in [5.41, 5.74) is 0. The minimum Gasteiger partial charge on any atom is -0.477 e. The summed E-state index contributed by atoms with van der Waals surface area (Å²) in [5.74, 6) is -1.52. The number of unbranched alkanes of at least 4 members (excludes halogenated alkanes) is 16. The summed E-state index contributed by atoms with van der Waals surface area (Å²) in [7, 11) is 5.51. The summed E-state index contributed by atoms with van der Waals surface area (Å²) in [6, 6.07) is -0.623. The molecule has 0 spiro atoms. The van der Waals surface area contributed by atoms with E-state index in [9.17, 15) is 19.5 Å². The molecule has 0 aliphatic heterocycles. The lowest BCUT2D eigenvalue weighted by molar-refractivity contribution is -0.887. The number of carbonyl (C=O) groups is 3. The fourth-order valence-corrected chi connectivity index (χ4v) is 6.21. The SMILES string of the molecule is CC/C=C/C/C=C/C/C=C/CCCCCCCCC(=O)OCC(COCCC(C(=O)O)[N+](C)(C)C)OC(=O)CCCCC/C=C/C=C/CCCCCCCCC. The van der Waals surface area contributed by atoms with Crippen LogP contribution >= 0.6 is 0 Å². The number of esters is 2. The normalized spacial score (nSPS) is 13.5.